The van der Waals surface area contributed by atoms with Gasteiger partial charge in [0.1, 0.15) is 11.6 Å². The second-order valence-electron chi connectivity index (χ2n) is 4.50. The van der Waals surface area contributed by atoms with Gasteiger partial charge in [-0.1, -0.05) is 6.07 Å². The first-order valence-corrected chi connectivity index (χ1v) is 6.06. The summed E-state index contributed by atoms with van der Waals surface area (Å²) in [7, 11) is 0. The zero-order chi connectivity index (χ0) is 14.7. The lowest BCUT2D eigenvalue weighted by Gasteiger charge is -2.10. The molecule has 2 aromatic carbocycles. The summed E-state index contributed by atoms with van der Waals surface area (Å²) in [6.45, 7) is 3.92. The summed E-state index contributed by atoms with van der Waals surface area (Å²) in [6, 6.07) is 8.36. The summed E-state index contributed by atoms with van der Waals surface area (Å²) in [4.78, 5) is 11.8. The maximum atomic E-state index is 13.4. The van der Waals surface area contributed by atoms with Gasteiger partial charge in [0.2, 0.25) is 0 Å². The number of aryl methyl sites for hydroxylation is 2. The van der Waals surface area contributed by atoms with E-state index in [2.05, 4.69) is 10.9 Å². The van der Waals surface area contributed by atoms with Crippen LogP contribution in [-0.2, 0) is 0 Å². The summed E-state index contributed by atoms with van der Waals surface area (Å²) in [6.07, 6.45) is 0. The number of amides is 1. The molecular formula is C15H14F2N2O. The van der Waals surface area contributed by atoms with Gasteiger partial charge in [-0.3, -0.25) is 15.6 Å². The quantitative estimate of drug-likeness (QED) is 0.844. The van der Waals surface area contributed by atoms with Gasteiger partial charge in [0, 0.05) is 6.07 Å². The highest BCUT2D eigenvalue weighted by atomic mass is 19.1. The zero-order valence-electron chi connectivity index (χ0n) is 11.1. The Bertz CT molecular complexity index is 656. The van der Waals surface area contributed by atoms with Crippen molar-refractivity contribution in [2.75, 3.05) is 5.43 Å². The predicted octanol–water partition coefficient (Wildman–Crippen LogP) is 3.34. The number of anilines is 1. The smallest absolute Gasteiger partial charge is 0.272 e. The van der Waals surface area contributed by atoms with Crippen LogP contribution in [0.25, 0.3) is 0 Å². The molecule has 2 N–H and O–H groups in total. The third-order valence-corrected chi connectivity index (χ3v) is 3.00. The van der Waals surface area contributed by atoms with Crippen LogP contribution in [0.4, 0.5) is 14.5 Å². The highest BCUT2D eigenvalue weighted by Crippen LogP contribution is 2.14. The maximum Gasteiger partial charge on any atom is 0.272 e. The lowest BCUT2D eigenvalue weighted by molar-refractivity contribution is 0.0958. The molecule has 0 aliphatic rings. The number of carbonyl (C=O) groups excluding carboxylic acids is 1. The molecule has 0 saturated carbocycles. The fourth-order valence-corrected chi connectivity index (χ4v) is 1.69. The van der Waals surface area contributed by atoms with E-state index in [0.717, 1.165) is 23.3 Å². The number of rotatable bonds is 3. The Balaban J connectivity index is 2.06. The van der Waals surface area contributed by atoms with Gasteiger partial charge in [-0.2, -0.15) is 0 Å². The van der Waals surface area contributed by atoms with Gasteiger partial charge in [-0.25, -0.2) is 8.78 Å². The summed E-state index contributed by atoms with van der Waals surface area (Å²) in [5.74, 6) is -2.29. The minimum atomic E-state index is -0.899. The van der Waals surface area contributed by atoms with E-state index in [1.807, 2.05) is 26.0 Å². The van der Waals surface area contributed by atoms with Crippen LogP contribution in [0.3, 0.4) is 0 Å². The first kappa shape index (κ1) is 14.0. The number of carbonyl (C=O) groups is 1. The van der Waals surface area contributed by atoms with Crippen LogP contribution < -0.4 is 10.9 Å². The Hall–Kier alpha value is -2.43. The molecule has 0 atom stereocenters. The average Bonchev–Trinajstić information content (AvgIpc) is 2.40. The van der Waals surface area contributed by atoms with Crippen molar-refractivity contribution in [2.45, 2.75) is 13.8 Å². The molecular weight excluding hydrogens is 262 g/mol. The third-order valence-electron chi connectivity index (χ3n) is 3.00. The van der Waals surface area contributed by atoms with Crippen LogP contribution >= 0.6 is 0 Å². The molecule has 104 valence electrons. The molecule has 0 aliphatic heterocycles. The molecule has 0 fully saturated rings. The zero-order valence-corrected chi connectivity index (χ0v) is 11.1. The lowest BCUT2D eigenvalue weighted by Crippen LogP contribution is -2.30. The molecule has 0 bridgehead atoms. The van der Waals surface area contributed by atoms with E-state index >= 15 is 0 Å². The molecule has 3 nitrogen and oxygen atoms in total. The van der Waals surface area contributed by atoms with Gasteiger partial charge in [-0.15, -0.1) is 0 Å². The predicted molar refractivity (Wildman–Crippen MR) is 73.4 cm³/mol. The van der Waals surface area contributed by atoms with Crippen LogP contribution in [0, 0.1) is 25.5 Å². The number of hydrogen-bond acceptors (Lipinski definition) is 2. The second kappa shape index (κ2) is 5.69. The SMILES string of the molecule is Cc1ccc(NNC(=O)c2ccc(F)cc2F)cc1C. The molecule has 0 aliphatic carbocycles. The lowest BCUT2D eigenvalue weighted by atomic mass is 10.1. The Labute approximate surface area is 115 Å². The summed E-state index contributed by atoms with van der Waals surface area (Å²) < 4.78 is 26.2. The monoisotopic (exact) mass is 276 g/mol. The van der Waals surface area contributed by atoms with Crippen molar-refractivity contribution in [3.63, 3.8) is 0 Å². The van der Waals surface area contributed by atoms with E-state index in [-0.39, 0.29) is 5.56 Å². The molecule has 1 amide bonds. The van der Waals surface area contributed by atoms with E-state index in [4.69, 9.17) is 0 Å². The average molecular weight is 276 g/mol. The van der Waals surface area contributed by atoms with Crippen molar-refractivity contribution in [3.8, 4) is 0 Å². The van der Waals surface area contributed by atoms with E-state index in [9.17, 15) is 13.6 Å². The van der Waals surface area contributed by atoms with Crippen molar-refractivity contribution in [1.82, 2.24) is 5.43 Å². The van der Waals surface area contributed by atoms with Gasteiger partial charge < -0.3 is 0 Å². The Morgan fingerprint density at radius 3 is 2.40 bits per heavy atom. The first-order valence-electron chi connectivity index (χ1n) is 6.06. The van der Waals surface area contributed by atoms with E-state index in [1.54, 1.807) is 6.07 Å². The molecule has 0 heterocycles. The van der Waals surface area contributed by atoms with E-state index < -0.39 is 17.5 Å². The van der Waals surface area contributed by atoms with E-state index in [0.29, 0.717) is 11.8 Å². The maximum absolute atomic E-state index is 13.4. The van der Waals surface area contributed by atoms with Gasteiger partial charge in [-0.05, 0) is 49.2 Å². The number of hydrazine groups is 1. The van der Waals surface area contributed by atoms with E-state index in [1.165, 1.54) is 0 Å². The first-order chi connectivity index (χ1) is 9.47. The standard InChI is InChI=1S/C15H14F2N2O/c1-9-3-5-12(7-10(9)2)18-19-15(20)13-6-4-11(16)8-14(13)17/h3-8,18H,1-2H3,(H,19,20). The minimum Gasteiger partial charge on any atom is -0.298 e. The topological polar surface area (TPSA) is 41.1 Å². The number of hydrogen-bond donors (Lipinski definition) is 2. The summed E-state index contributed by atoms with van der Waals surface area (Å²) in [5.41, 5.74) is 7.73. The molecule has 20 heavy (non-hydrogen) atoms. The highest BCUT2D eigenvalue weighted by Gasteiger charge is 2.12. The van der Waals surface area contributed by atoms with Gasteiger partial charge in [0.05, 0.1) is 11.3 Å². The fourth-order valence-electron chi connectivity index (χ4n) is 1.69. The van der Waals surface area contributed by atoms with Crippen molar-refractivity contribution >= 4 is 11.6 Å². The highest BCUT2D eigenvalue weighted by molar-refractivity contribution is 5.95. The molecule has 0 saturated heterocycles. The molecule has 2 rings (SSSR count). The fraction of sp³-hybridized carbons (Fsp3) is 0.133. The van der Waals surface area contributed by atoms with Crippen LogP contribution in [0.15, 0.2) is 36.4 Å². The number of nitrogens with one attached hydrogen (secondary N) is 2. The van der Waals surface area contributed by atoms with Gasteiger partial charge in [0.25, 0.3) is 5.91 Å². The summed E-state index contributed by atoms with van der Waals surface area (Å²) in [5, 5.41) is 0. The Kier molecular flexibility index (Phi) is 3.98. The number of halogens is 2. The van der Waals surface area contributed by atoms with Gasteiger partial charge in [0.15, 0.2) is 0 Å². The number of benzene rings is 2. The van der Waals surface area contributed by atoms with Crippen molar-refractivity contribution in [2.24, 2.45) is 0 Å². The molecule has 2 aromatic rings. The molecule has 0 aromatic heterocycles. The normalized spacial score (nSPS) is 10.2. The summed E-state index contributed by atoms with van der Waals surface area (Å²) >= 11 is 0. The Morgan fingerprint density at radius 1 is 1.00 bits per heavy atom. The van der Waals surface area contributed by atoms with Crippen LogP contribution in [-0.4, -0.2) is 5.91 Å². The Morgan fingerprint density at radius 2 is 1.75 bits per heavy atom. The van der Waals surface area contributed by atoms with Crippen LogP contribution in [0.2, 0.25) is 0 Å². The van der Waals surface area contributed by atoms with Crippen LogP contribution in [0.5, 0.6) is 0 Å². The second-order valence-corrected chi connectivity index (χ2v) is 4.50. The molecule has 0 unspecified atom stereocenters. The van der Waals surface area contributed by atoms with Crippen LogP contribution in [0.1, 0.15) is 21.5 Å². The molecule has 5 heteroatoms. The van der Waals surface area contributed by atoms with Crippen molar-refractivity contribution < 1.29 is 13.6 Å². The molecule has 0 spiro atoms. The molecule has 0 radical (unpaired) electrons. The van der Waals surface area contributed by atoms with Gasteiger partial charge >= 0.3 is 0 Å². The van der Waals surface area contributed by atoms with Crippen molar-refractivity contribution in [1.29, 1.82) is 0 Å². The third kappa shape index (κ3) is 3.12. The largest absolute Gasteiger partial charge is 0.298 e. The van der Waals surface area contributed by atoms with Crippen molar-refractivity contribution in [3.05, 3.63) is 64.7 Å². The minimum absolute atomic E-state index is 0.220.